The van der Waals surface area contributed by atoms with Crippen molar-refractivity contribution in [3.05, 3.63) is 301 Å². The monoisotopic (exact) mass is 878 g/mol. The molecule has 0 unspecified atom stereocenters. The summed E-state index contributed by atoms with van der Waals surface area (Å²) in [5.74, 6) is 0. The Kier molecular flexibility index (Phi) is 9.77. The molecule has 0 aliphatic carbocycles. The number of nitrogens with zero attached hydrogens (tertiary/aromatic N) is 2. The fourth-order valence-corrected chi connectivity index (χ4v) is 11.1. The molecule has 2 heterocycles. The van der Waals surface area contributed by atoms with E-state index in [1.807, 2.05) is 0 Å². The molecule has 0 saturated carbocycles. The molecule has 0 spiro atoms. The van der Waals surface area contributed by atoms with Gasteiger partial charge in [-0.2, -0.15) is 0 Å². The Labute approximate surface area is 402 Å². The van der Waals surface area contributed by atoms with Gasteiger partial charge in [0, 0.05) is 32.9 Å². The van der Waals surface area contributed by atoms with Crippen molar-refractivity contribution in [2.24, 2.45) is 0 Å². The van der Waals surface area contributed by atoms with Crippen molar-refractivity contribution < 1.29 is 0 Å². The van der Waals surface area contributed by atoms with Crippen LogP contribution in [0.15, 0.2) is 279 Å². The number of aromatic nitrogens is 2. The van der Waals surface area contributed by atoms with Crippen LogP contribution in [-0.4, -0.2) is 9.13 Å². The van der Waals surface area contributed by atoms with E-state index < -0.39 is 5.41 Å². The molecule has 13 aromatic rings. The van der Waals surface area contributed by atoms with Gasteiger partial charge in [-0.3, -0.25) is 0 Å². The maximum absolute atomic E-state index is 2.43. The van der Waals surface area contributed by atoms with E-state index in [1.165, 1.54) is 99.2 Å². The second-order valence-electron chi connectivity index (χ2n) is 18.1. The molecule has 0 N–H and O–H groups in total. The third-order valence-electron chi connectivity index (χ3n) is 14.3. The Hall–Kier alpha value is -8.98. The minimum atomic E-state index is -0.511. The Morgan fingerprint density at radius 2 is 0.580 bits per heavy atom. The molecule has 2 heteroatoms. The van der Waals surface area contributed by atoms with Crippen LogP contribution in [0.2, 0.25) is 0 Å². The van der Waals surface area contributed by atoms with Crippen LogP contribution in [-0.2, 0) is 5.41 Å². The van der Waals surface area contributed by atoms with Gasteiger partial charge >= 0.3 is 0 Å². The molecule has 69 heavy (non-hydrogen) atoms. The number of benzene rings is 11. The highest BCUT2D eigenvalue weighted by Gasteiger charge is 2.38. The number of para-hydroxylation sites is 2. The molecule has 11 aromatic carbocycles. The third-order valence-corrected chi connectivity index (χ3v) is 14.3. The van der Waals surface area contributed by atoms with Gasteiger partial charge in [-0.25, -0.2) is 0 Å². The first kappa shape index (κ1) is 40.3. The van der Waals surface area contributed by atoms with Gasteiger partial charge < -0.3 is 9.13 Å². The Morgan fingerprint density at radius 3 is 1.16 bits per heavy atom. The summed E-state index contributed by atoms with van der Waals surface area (Å²) in [5, 5.41) is 4.93. The largest absolute Gasteiger partial charge is 0.309 e. The molecule has 0 aliphatic heterocycles. The average molecular weight is 879 g/mol. The zero-order valence-electron chi connectivity index (χ0n) is 38.0. The van der Waals surface area contributed by atoms with Gasteiger partial charge in [0.05, 0.1) is 27.5 Å². The van der Waals surface area contributed by atoms with E-state index in [4.69, 9.17) is 0 Å². The summed E-state index contributed by atoms with van der Waals surface area (Å²) in [5.41, 5.74) is 18.6. The minimum absolute atomic E-state index is 0.511. The number of rotatable bonds is 9. The second-order valence-corrected chi connectivity index (χ2v) is 18.1. The van der Waals surface area contributed by atoms with E-state index >= 15 is 0 Å². The van der Waals surface area contributed by atoms with Crippen molar-refractivity contribution in [2.45, 2.75) is 5.41 Å². The lowest BCUT2D eigenvalue weighted by Gasteiger charge is -2.37. The first-order valence-corrected chi connectivity index (χ1v) is 23.8. The van der Waals surface area contributed by atoms with Crippen LogP contribution in [0.3, 0.4) is 0 Å². The van der Waals surface area contributed by atoms with Crippen molar-refractivity contribution in [2.75, 3.05) is 0 Å². The zero-order valence-corrected chi connectivity index (χ0v) is 38.0. The first-order valence-electron chi connectivity index (χ1n) is 23.8. The SMILES string of the molecule is c1ccc(-c2cccc(-c3ccc4c5cc(-c6ccc7c(c6)c6ccccc6n7-c6ccc(C(c7ccccc7)(c7ccccc7)c7ccccc7)cc6)ccc5n(-c5ccccc5)c4c3)c2)cc1. The van der Waals surface area contributed by atoms with E-state index in [0.29, 0.717) is 0 Å². The molecule has 0 fully saturated rings. The standard InChI is InChI=1S/C67H46N2/c1-6-19-47(20-7-1)48-21-18-22-49(43-48)52-33-40-60-62-45-51(35-42-65(62)69(66(60)46-52)57-29-14-5-15-30-57)50-34-41-64-61(44-50)59-31-16-17-32-63(59)68(64)58-38-36-56(37-39-58)67(53-23-8-2-9-24-53,54-25-10-3-11-26-54)55-27-12-4-13-28-55/h1-46H. The van der Waals surface area contributed by atoms with E-state index in [1.54, 1.807) is 0 Å². The normalized spacial score (nSPS) is 11.8. The number of hydrogen-bond acceptors (Lipinski definition) is 0. The Balaban J connectivity index is 0.928. The summed E-state index contributed by atoms with van der Waals surface area (Å²) in [6, 6.07) is 102. The van der Waals surface area contributed by atoms with Crippen LogP contribution >= 0.6 is 0 Å². The molecule has 2 nitrogen and oxygen atoms in total. The second kappa shape index (κ2) is 16.7. The predicted molar refractivity (Wildman–Crippen MR) is 290 cm³/mol. The van der Waals surface area contributed by atoms with E-state index in [9.17, 15) is 0 Å². The topological polar surface area (TPSA) is 9.86 Å². The van der Waals surface area contributed by atoms with Crippen LogP contribution in [0.1, 0.15) is 22.3 Å². The van der Waals surface area contributed by atoms with Gasteiger partial charge in [0.25, 0.3) is 0 Å². The summed E-state index contributed by atoms with van der Waals surface area (Å²) in [7, 11) is 0. The minimum Gasteiger partial charge on any atom is -0.309 e. The third kappa shape index (κ3) is 6.72. The van der Waals surface area contributed by atoms with Crippen LogP contribution in [0, 0.1) is 0 Å². The highest BCUT2D eigenvalue weighted by molar-refractivity contribution is 6.13. The molecule has 0 bridgehead atoms. The number of fused-ring (bicyclic) bond motifs is 6. The van der Waals surface area contributed by atoms with Gasteiger partial charge in [0.15, 0.2) is 0 Å². The van der Waals surface area contributed by atoms with Gasteiger partial charge in [-0.05, 0) is 122 Å². The first-order chi connectivity index (χ1) is 34.2. The molecule has 0 saturated heterocycles. The lowest BCUT2D eigenvalue weighted by molar-refractivity contribution is 0.745. The van der Waals surface area contributed by atoms with Crippen molar-refractivity contribution in [3.63, 3.8) is 0 Å². The molecule has 0 atom stereocenters. The Morgan fingerprint density at radius 1 is 0.203 bits per heavy atom. The average Bonchev–Trinajstić information content (AvgIpc) is 3.94. The molecule has 2 aromatic heterocycles. The van der Waals surface area contributed by atoms with E-state index in [0.717, 1.165) is 11.4 Å². The fraction of sp³-hybridized carbons (Fsp3) is 0.0149. The maximum atomic E-state index is 2.43. The summed E-state index contributed by atoms with van der Waals surface area (Å²) in [4.78, 5) is 0. The highest BCUT2D eigenvalue weighted by atomic mass is 15.0. The van der Waals surface area contributed by atoms with E-state index in [-0.39, 0.29) is 0 Å². The molecule has 0 radical (unpaired) electrons. The predicted octanol–water partition coefficient (Wildman–Crippen LogP) is 17.3. The van der Waals surface area contributed by atoms with Crippen LogP contribution in [0.25, 0.3) is 88.4 Å². The molecular formula is C67H46N2. The molecular weight excluding hydrogens is 833 g/mol. The summed E-state index contributed by atoms with van der Waals surface area (Å²) in [6.07, 6.45) is 0. The molecule has 13 rings (SSSR count). The van der Waals surface area contributed by atoms with Crippen LogP contribution < -0.4 is 0 Å². The number of hydrogen-bond donors (Lipinski definition) is 0. The van der Waals surface area contributed by atoms with Crippen molar-refractivity contribution in [1.29, 1.82) is 0 Å². The Bertz CT molecular complexity index is 3870. The highest BCUT2D eigenvalue weighted by Crippen LogP contribution is 2.46. The summed E-state index contributed by atoms with van der Waals surface area (Å²) >= 11 is 0. The molecule has 0 aliphatic rings. The maximum Gasteiger partial charge on any atom is 0.0701 e. The fourth-order valence-electron chi connectivity index (χ4n) is 11.1. The molecule has 324 valence electrons. The van der Waals surface area contributed by atoms with Crippen molar-refractivity contribution >= 4 is 43.6 Å². The van der Waals surface area contributed by atoms with Gasteiger partial charge in [-0.15, -0.1) is 0 Å². The lowest BCUT2D eigenvalue weighted by Crippen LogP contribution is -2.30. The van der Waals surface area contributed by atoms with Crippen molar-refractivity contribution in [3.8, 4) is 44.8 Å². The van der Waals surface area contributed by atoms with E-state index in [2.05, 4.69) is 288 Å². The molecule has 0 amide bonds. The van der Waals surface area contributed by atoms with Crippen molar-refractivity contribution in [1.82, 2.24) is 9.13 Å². The zero-order chi connectivity index (χ0) is 45.7. The van der Waals surface area contributed by atoms with Crippen LogP contribution in [0.5, 0.6) is 0 Å². The lowest BCUT2D eigenvalue weighted by atomic mass is 9.65. The van der Waals surface area contributed by atoms with Gasteiger partial charge in [0.2, 0.25) is 0 Å². The van der Waals surface area contributed by atoms with Crippen LogP contribution in [0.4, 0.5) is 0 Å². The summed E-state index contributed by atoms with van der Waals surface area (Å²) in [6.45, 7) is 0. The summed E-state index contributed by atoms with van der Waals surface area (Å²) < 4.78 is 4.85. The smallest absolute Gasteiger partial charge is 0.0701 e. The van der Waals surface area contributed by atoms with Gasteiger partial charge in [-0.1, -0.05) is 212 Å². The quantitative estimate of drug-likeness (QED) is 0.128. The van der Waals surface area contributed by atoms with Gasteiger partial charge in [0.1, 0.15) is 0 Å².